The van der Waals surface area contributed by atoms with Gasteiger partial charge in [-0.3, -0.25) is 4.90 Å². The van der Waals surface area contributed by atoms with Crippen LogP contribution in [0.3, 0.4) is 0 Å². The van der Waals surface area contributed by atoms with Crippen LogP contribution in [0.1, 0.15) is 29.5 Å². The van der Waals surface area contributed by atoms with Crippen LogP contribution in [0.5, 0.6) is 0 Å². The summed E-state index contributed by atoms with van der Waals surface area (Å²) in [7, 11) is -6.97. The molecule has 2 fully saturated rings. The Balaban J connectivity index is 1.84. The van der Waals surface area contributed by atoms with Crippen molar-refractivity contribution in [3.8, 4) is 0 Å². The van der Waals surface area contributed by atoms with Crippen LogP contribution < -0.4 is 0 Å². The number of hydrogen-bond donors (Lipinski definition) is 0. The van der Waals surface area contributed by atoms with Crippen molar-refractivity contribution in [1.82, 2.24) is 9.21 Å². The van der Waals surface area contributed by atoms with Gasteiger partial charge in [0.15, 0.2) is 9.84 Å². The van der Waals surface area contributed by atoms with Crippen molar-refractivity contribution >= 4 is 19.9 Å². The highest BCUT2D eigenvalue weighted by Gasteiger charge is 2.39. The first-order valence-corrected chi connectivity index (χ1v) is 13.5. The zero-order valence-corrected chi connectivity index (χ0v) is 19.2. The molecule has 0 aromatic heterocycles. The highest BCUT2D eigenvalue weighted by atomic mass is 32.2. The summed E-state index contributed by atoms with van der Waals surface area (Å²) in [6.45, 7) is 9.86. The van der Waals surface area contributed by atoms with Gasteiger partial charge in [0.05, 0.1) is 29.6 Å². The van der Waals surface area contributed by atoms with Gasteiger partial charge in [-0.1, -0.05) is 6.07 Å². The van der Waals surface area contributed by atoms with Gasteiger partial charge in [-0.25, -0.2) is 16.8 Å². The average molecular weight is 445 g/mol. The molecule has 0 N–H and O–H groups in total. The maximum absolute atomic E-state index is 13.6. The number of morpholine rings is 1. The number of benzene rings is 1. The number of ether oxygens (including phenoxy) is 1. The van der Waals surface area contributed by atoms with E-state index in [0.717, 1.165) is 30.8 Å². The summed E-state index contributed by atoms with van der Waals surface area (Å²) < 4.78 is 58.1. The summed E-state index contributed by atoms with van der Waals surface area (Å²) in [5.41, 5.74) is 2.66. The fourth-order valence-corrected chi connectivity index (χ4v) is 7.93. The number of nitrogens with zero attached hydrogens (tertiary/aromatic N) is 2. The minimum absolute atomic E-state index is 0.0546. The molecule has 0 amide bonds. The molecule has 0 unspecified atom stereocenters. The van der Waals surface area contributed by atoms with E-state index in [1.54, 1.807) is 13.0 Å². The molecule has 0 spiro atoms. The van der Waals surface area contributed by atoms with E-state index >= 15 is 0 Å². The second-order valence-electron chi connectivity index (χ2n) is 8.18. The van der Waals surface area contributed by atoms with Gasteiger partial charge >= 0.3 is 0 Å². The lowest BCUT2D eigenvalue weighted by Crippen LogP contribution is -2.43. The van der Waals surface area contributed by atoms with Gasteiger partial charge in [-0.2, -0.15) is 4.31 Å². The van der Waals surface area contributed by atoms with Crippen LogP contribution in [-0.4, -0.2) is 83.0 Å². The van der Waals surface area contributed by atoms with E-state index in [1.165, 1.54) is 4.31 Å². The Morgan fingerprint density at radius 3 is 2.38 bits per heavy atom. The fraction of sp³-hybridized carbons (Fsp3) is 0.700. The van der Waals surface area contributed by atoms with Gasteiger partial charge in [-0.15, -0.1) is 0 Å². The van der Waals surface area contributed by atoms with Gasteiger partial charge in [0.1, 0.15) is 0 Å². The molecule has 0 aliphatic carbocycles. The Hall–Kier alpha value is -1.00. The van der Waals surface area contributed by atoms with Gasteiger partial charge in [-0.05, 0) is 62.9 Å². The summed E-state index contributed by atoms with van der Waals surface area (Å²) in [4.78, 5) is 2.55. The molecule has 0 bridgehead atoms. The first-order valence-electron chi connectivity index (χ1n) is 10.2. The molecule has 7 nitrogen and oxygen atoms in total. The Morgan fingerprint density at radius 1 is 1.10 bits per heavy atom. The molecule has 164 valence electrons. The molecular formula is C20H32N2O5S2. The monoisotopic (exact) mass is 444 g/mol. The lowest BCUT2D eigenvalue weighted by molar-refractivity contribution is 0.0367. The maximum atomic E-state index is 13.6. The zero-order valence-electron chi connectivity index (χ0n) is 17.6. The van der Waals surface area contributed by atoms with E-state index in [9.17, 15) is 16.8 Å². The Morgan fingerprint density at radius 2 is 1.76 bits per heavy atom. The SMILES string of the molecule is Cc1cc(C)c(S(=O)(=O)N(CCCN2CCOCC2)[C@@H]2CCS(=O)(=O)C2)cc1C. The highest BCUT2D eigenvalue weighted by molar-refractivity contribution is 7.92. The normalized spacial score (nSPS) is 23.0. The minimum Gasteiger partial charge on any atom is -0.379 e. The van der Waals surface area contributed by atoms with E-state index in [4.69, 9.17) is 4.74 Å². The molecule has 1 aromatic carbocycles. The first-order chi connectivity index (χ1) is 13.6. The second-order valence-corrected chi connectivity index (χ2v) is 12.3. The van der Waals surface area contributed by atoms with Crippen LogP contribution >= 0.6 is 0 Å². The summed E-state index contributed by atoms with van der Waals surface area (Å²) in [5, 5.41) is 0. The third-order valence-corrected chi connectivity index (χ3v) is 9.79. The van der Waals surface area contributed by atoms with E-state index in [0.29, 0.717) is 38.2 Å². The largest absolute Gasteiger partial charge is 0.379 e. The number of rotatable bonds is 7. The maximum Gasteiger partial charge on any atom is 0.243 e. The average Bonchev–Trinajstić information content (AvgIpc) is 3.01. The molecule has 1 aromatic rings. The van der Waals surface area contributed by atoms with Crippen LogP contribution in [0.4, 0.5) is 0 Å². The molecule has 0 saturated carbocycles. The molecular weight excluding hydrogens is 412 g/mol. The van der Waals surface area contributed by atoms with E-state index < -0.39 is 25.9 Å². The smallest absolute Gasteiger partial charge is 0.243 e. The summed E-state index contributed by atoms with van der Waals surface area (Å²) in [6, 6.07) is 3.12. The van der Waals surface area contributed by atoms with Crippen molar-refractivity contribution in [2.75, 3.05) is 50.9 Å². The number of hydrogen-bond acceptors (Lipinski definition) is 6. The third-order valence-electron chi connectivity index (χ3n) is 5.95. The standard InChI is InChI=1S/C20H32N2O5S2/c1-16-13-18(3)20(14-17(16)2)29(25,26)22(19-5-12-28(23,24)15-19)7-4-6-21-8-10-27-11-9-21/h13-14,19H,4-12,15H2,1-3H3/t19-/m1/s1. The quantitative estimate of drug-likeness (QED) is 0.634. The molecule has 1 atom stereocenters. The molecule has 2 aliphatic heterocycles. The summed E-state index contributed by atoms with van der Waals surface area (Å²) in [6.07, 6.45) is 1.03. The van der Waals surface area contributed by atoms with Crippen molar-refractivity contribution in [3.05, 3.63) is 28.8 Å². The first kappa shape index (κ1) is 22.7. The molecule has 2 saturated heterocycles. The third kappa shape index (κ3) is 5.38. The van der Waals surface area contributed by atoms with Gasteiger partial charge in [0.25, 0.3) is 0 Å². The molecule has 0 radical (unpaired) electrons. The van der Waals surface area contributed by atoms with Gasteiger partial charge in [0, 0.05) is 25.7 Å². The van der Waals surface area contributed by atoms with Crippen LogP contribution in [0.2, 0.25) is 0 Å². The molecule has 2 aliphatic rings. The Bertz CT molecular complexity index is 938. The highest BCUT2D eigenvalue weighted by Crippen LogP contribution is 2.28. The van der Waals surface area contributed by atoms with Crippen molar-refractivity contribution in [1.29, 1.82) is 0 Å². The van der Waals surface area contributed by atoms with E-state index in [-0.39, 0.29) is 16.4 Å². The lowest BCUT2D eigenvalue weighted by Gasteiger charge is -2.30. The number of aryl methyl sites for hydroxylation is 3. The molecule has 9 heteroatoms. The molecule has 2 heterocycles. The van der Waals surface area contributed by atoms with Crippen molar-refractivity contribution in [3.63, 3.8) is 0 Å². The Labute approximate surface area is 175 Å². The summed E-state index contributed by atoms with van der Waals surface area (Å²) >= 11 is 0. The van der Waals surface area contributed by atoms with Crippen LogP contribution in [0, 0.1) is 20.8 Å². The minimum atomic E-state index is -3.78. The van der Waals surface area contributed by atoms with Crippen LogP contribution in [0.15, 0.2) is 17.0 Å². The predicted molar refractivity (Wildman–Crippen MR) is 113 cm³/mol. The topological polar surface area (TPSA) is 84.0 Å². The van der Waals surface area contributed by atoms with Crippen molar-refractivity contribution in [2.24, 2.45) is 0 Å². The van der Waals surface area contributed by atoms with Gasteiger partial charge in [0.2, 0.25) is 10.0 Å². The zero-order chi connectivity index (χ0) is 21.2. The van der Waals surface area contributed by atoms with E-state index in [1.807, 2.05) is 19.9 Å². The predicted octanol–water partition coefficient (Wildman–Crippen LogP) is 1.51. The van der Waals surface area contributed by atoms with Crippen molar-refractivity contribution < 1.29 is 21.6 Å². The van der Waals surface area contributed by atoms with Gasteiger partial charge < -0.3 is 4.74 Å². The Kier molecular flexibility index (Phi) is 7.05. The lowest BCUT2D eigenvalue weighted by atomic mass is 10.1. The summed E-state index contributed by atoms with van der Waals surface area (Å²) in [5.74, 6) is -0.0350. The van der Waals surface area contributed by atoms with Crippen LogP contribution in [0.25, 0.3) is 0 Å². The number of sulfone groups is 1. The van der Waals surface area contributed by atoms with E-state index in [2.05, 4.69) is 4.90 Å². The van der Waals surface area contributed by atoms with Crippen LogP contribution in [-0.2, 0) is 24.6 Å². The second kappa shape index (κ2) is 9.01. The van der Waals surface area contributed by atoms with Crippen molar-refractivity contribution in [2.45, 2.75) is 44.6 Å². The molecule has 29 heavy (non-hydrogen) atoms. The fourth-order valence-electron chi connectivity index (χ4n) is 4.11. The number of sulfonamides is 1. The molecule has 3 rings (SSSR count).